The summed E-state index contributed by atoms with van der Waals surface area (Å²) in [7, 11) is 0. The lowest BCUT2D eigenvalue weighted by atomic mass is 10.3. The van der Waals surface area contributed by atoms with Gasteiger partial charge in [0.15, 0.2) is 0 Å². The van der Waals surface area contributed by atoms with Crippen LogP contribution in [0.5, 0.6) is 0 Å². The van der Waals surface area contributed by atoms with Crippen molar-refractivity contribution in [1.29, 1.82) is 0 Å². The van der Waals surface area contributed by atoms with Crippen LogP contribution in [0.2, 0.25) is 0 Å². The SMILES string of the molecule is Cc1cnc(C(=O)NOC2CCCC2)cn1. The van der Waals surface area contributed by atoms with Crippen LogP contribution in [-0.4, -0.2) is 22.0 Å². The molecule has 1 N–H and O–H groups in total. The molecule has 1 amide bonds. The Labute approximate surface area is 94.2 Å². The van der Waals surface area contributed by atoms with E-state index >= 15 is 0 Å². The van der Waals surface area contributed by atoms with Gasteiger partial charge in [-0.15, -0.1) is 0 Å². The van der Waals surface area contributed by atoms with Crippen molar-refractivity contribution < 1.29 is 9.63 Å². The molecule has 16 heavy (non-hydrogen) atoms. The van der Waals surface area contributed by atoms with Gasteiger partial charge in [-0.1, -0.05) is 12.8 Å². The van der Waals surface area contributed by atoms with Crippen molar-refractivity contribution in [3.05, 3.63) is 23.8 Å². The van der Waals surface area contributed by atoms with E-state index in [-0.39, 0.29) is 17.7 Å². The van der Waals surface area contributed by atoms with Gasteiger partial charge in [-0.2, -0.15) is 0 Å². The van der Waals surface area contributed by atoms with Crippen LogP contribution >= 0.6 is 0 Å². The fourth-order valence-electron chi connectivity index (χ4n) is 1.71. The van der Waals surface area contributed by atoms with E-state index in [1.807, 2.05) is 6.92 Å². The molecule has 5 nitrogen and oxygen atoms in total. The zero-order valence-corrected chi connectivity index (χ0v) is 9.27. The van der Waals surface area contributed by atoms with Gasteiger partial charge < -0.3 is 0 Å². The van der Waals surface area contributed by atoms with Crippen LogP contribution in [0.25, 0.3) is 0 Å². The average Bonchev–Trinajstić information content (AvgIpc) is 2.80. The maximum absolute atomic E-state index is 11.6. The average molecular weight is 221 g/mol. The summed E-state index contributed by atoms with van der Waals surface area (Å²) < 4.78 is 0. The molecule has 0 spiro atoms. The number of rotatable bonds is 3. The van der Waals surface area contributed by atoms with Crippen LogP contribution in [0.15, 0.2) is 12.4 Å². The second-order valence-corrected chi connectivity index (χ2v) is 4.00. The van der Waals surface area contributed by atoms with E-state index in [1.165, 1.54) is 19.0 Å². The van der Waals surface area contributed by atoms with Crippen LogP contribution in [0.3, 0.4) is 0 Å². The topological polar surface area (TPSA) is 64.1 Å². The lowest BCUT2D eigenvalue weighted by Crippen LogP contribution is -2.29. The fourth-order valence-corrected chi connectivity index (χ4v) is 1.71. The number of hydrogen-bond donors (Lipinski definition) is 1. The summed E-state index contributed by atoms with van der Waals surface area (Å²) in [6.45, 7) is 1.82. The summed E-state index contributed by atoms with van der Waals surface area (Å²) in [5.74, 6) is -0.334. The third-order valence-corrected chi connectivity index (χ3v) is 2.63. The number of amides is 1. The molecule has 1 heterocycles. The first-order chi connectivity index (χ1) is 7.75. The first-order valence-electron chi connectivity index (χ1n) is 5.50. The van der Waals surface area contributed by atoms with E-state index in [9.17, 15) is 4.79 Å². The Bertz CT molecular complexity index is 358. The van der Waals surface area contributed by atoms with E-state index in [0.29, 0.717) is 0 Å². The second kappa shape index (κ2) is 5.03. The summed E-state index contributed by atoms with van der Waals surface area (Å²) in [5.41, 5.74) is 3.49. The van der Waals surface area contributed by atoms with Crippen LogP contribution in [-0.2, 0) is 4.84 Å². The van der Waals surface area contributed by atoms with E-state index in [0.717, 1.165) is 18.5 Å². The van der Waals surface area contributed by atoms with E-state index in [1.54, 1.807) is 6.20 Å². The van der Waals surface area contributed by atoms with E-state index in [2.05, 4.69) is 15.4 Å². The summed E-state index contributed by atoms with van der Waals surface area (Å²) >= 11 is 0. The largest absolute Gasteiger partial charge is 0.295 e. The number of nitrogens with zero attached hydrogens (tertiary/aromatic N) is 2. The van der Waals surface area contributed by atoms with Gasteiger partial charge in [-0.3, -0.25) is 14.6 Å². The number of aromatic nitrogens is 2. The van der Waals surface area contributed by atoms with Gasteiger partial charge in [0.05, 0.1) is 18.0 Å². The smallest absolute Gasteiger partial charge is 0.270 e. The molecule has 1 aliphatic rings. The molecule has 1 aromatic rings. The lowest BCUT2D eigenvalue weighted by molar-refractivity contribution is -0.0128. The minimum absolute atomic E-state index is 0.155. The summed E-state index contributed by atoms with van der Waals surface area (Å²) in [6.07, 6.45) is 7.53. The van der Waals surface area contributed by atoms with Crippen LogP contribution < -0.4 is 5.48 Å². The van der Waals surface area contributed by atoms with Crippen molar-refractivity contribution in [2.24, 2.45) is 0 Å². The molecule has 0 atom stereocenters. The maximum atomic E-state index is 11.6. The fraction of sp³-hybridized carbons (Fsp3) is 0.545. The number of nitrogens with one attached hydrogen (secondary N) is 1. The van der Waals surface area contributed by atoms with Crippen LogP contribution in [0.1, 0.15) is 41.9 Å². The number of hydrogen-bond acceptors (Lipinski definition) is 4. The van der Waals surface area contributed by atoms with Gasteiger partial charge in [0.25, 0.3) is 5.91 Å². The third kappa shape index (κ3) is 2.76. The Morgan fingerprint density at radius 2 is 2.12 bits per heavy atom. The van der Waals surface area contributed by atoms with Gasteiger partial charge in [0, 0.05) is 6.20 Å². The van der Waals surface area contributed by atoms with Crippen LogP contribution in [0.4, 0.5) is 0 Å². The molecule has 1 aliphatic carbocycles. The molecule has 86 valence electrons. The molecule has 2 rings (SSSR count). The quantitative estimate of drug-likeness (QED) is 0.783. The van der Waals surface area contributed by atoms with E-state index < -0.39 is 0 Å². The van der Waals surface area contributed by atoms with Gasteiger partial charge >= 0.3 is 0 Å². The van der Waals surface area contributed by atoms with Gasteiger partial charge in [0.1, 0.15) is 5.69 Å². The zero-order valence-electron chi connectivity index (χ0n) is 9.27. The highest BCUT2D eigenvalue weighted by molar-refractivity contribution is 5.91. The second-order valence-electron chi connectivity index (χ2n) is 4.00. The Kier molecular flexibility index (Phi) is 3.46. The minimum atomic E-state index is -0.334. The molecule has 0 unspecified atom stereocenters. The predicted octanol–water partition coefficient (Wildman–Crippen LogP) is 1.39. The Hall–Kier alpha value is -1.49. The molecule has 1 saturated carbocycles. The normalized spacial score (nSPS) is 16.3. The summed E-state index contributed by atoms with van der Waals surface area (Å²) in [5, 5.41) is 0. The lowest BCUT2D eigenvalue weighted by Gasteiger charge is -2.10. The van der Waals surface area contributed by atoms with Crippen molar-refractivity contribution in [2.75, 3.05) is 0 Å². The van der Waals surface area contributed by atoms with Crippen molar-refractivity contribution >= 4 is 5.91 Å². The highest BCUT2D eigenvalue weighted by Crippen LogP contribution is 2.19. The first kappa shape index (κ1) is 11.0. The molecule has 1 aromatic heterocycles. The van der Waals surface area contributed by atoms with Gasteiger partial charge in [-0.05, 0) is 19.8 Å². The van der Waals surface area contributed by atoms with Crippen molar-refractivity contribution in [2.45, 2.75) is 38.7 Å². The molecule has 0 saturated heterocycles. The Morgan fingerprint density at radius 1 is 1.38 bits per heavy atom. The zero-order chi connectivity index (χ0) is 11.4. The van der Waals surface area contributed by atoms with Crippen LogP contribution in [0, 0.1) is 6.92 Å². The highest BCUT2D eigenvalue weighted by atomic mass is 16.7. The van der Waals surface area contributed by atoms with Crippen molar-refractivity contribution in [3.63, 3.8) is 0 Å². The van der Waals surface area contributed by atoms with E-state index in [4.69, 9.17) is 4.84 Å². The number of carbonyl (C=O) groups excluding carboxylic acids is 1. The Balaban J connectivity index is 1.85. The number of carbonyl (C=O) groups is 1. The minimum Gasteiger partial charge on any atom is -0.270 e. The first-order valence-corrected chi connectivity index (χ1v) is 5.50. The molecule has 1 fully saturated rings. The molecule has 0 bridgehead atoms. The van der Waals surface area contributed by atoms with Gasteiger partial charge in [-0.25, -0.2) is 10.5 Å². The van der Waals surface area contributed by atoms with Crippen molar-refractivity contribution in [3.8, 4) is 0 Å². The maximum Gasteiger partial charge on any atom is 0.295 e. The van der Waals surface area contributed by atoms with Crippen molar-refractivity contribution in [1.82, 2.24) is 15.4 Å². The molecule has 0 aromatic carbocycles. The summed E-state index contributed by atoms with van der Waals surface area (Å²) in [6, 6.07) is 0. The Morgan fingerprint density at radius 3 is 2.75 bits per heavy atom. The molecular weight excluding hydrogens is 206 g/mol. The monoisotopic (exact) mass is 221 g/mol. The predicted molar refractivity (Wildman–Crippen MR) is 57.6 cm³/mol. The summed E-state index contributed by atoms with van der Waals surface area (Å²) in [4.78, 5) is 24.8. The third-order valence-electron chi connectivity index (χ3n) is 2.63. The molecule has 0 radical (unpaired) electrons. The molecular formula is C11H15N3O2. The number of aryl methyl sites for hydroxylation is 1. The highest BCUT2D eigenvalue weighted by Gasteiger charge is 2.17. The standard InChI is InChI=1S/C11H15N3O2/c1-8-6-13-10(7-12-8)11(15)14-16-9-4-2-3-5-9/h6-7,9H,2-5H2,1H3,(H,14,15). The number of hydroxylamine groups is 1. The molecule has 5 heteroatoms. The molecule has 0 aliphatic heterocycles. The van der Waals surface area contributed by atoms with Gasteiger partial charge in [0.2, 0.25) is 0 Å².